The summed E-state index contributed by atoms with van der Waals surface area (Å²) in [4.78, 5) is 8.82. The van der Waals surface area contributed by atoms with Crippen molar-refractivity contribution in [2.75, 3.05) is 0 Å². The van der Waals surface area contributed by atoms with Crippen LogP contribution in [0.4, 0.5) is 0 Å². The second kappa shape index (κ2) is 8.68. The third kappa shape index (κ3) is 4.51. The molecule has 0 spiro atoms. The maximum absolute atomic E-state index is 4.47. The van der Waals surface area contributed by atoms with Crippen LogP contribution >= 0.6 is 0 Å². The predicted molar refractivity (Wildman–Crippen MR) is 76.3 cm³/mol. The van der Waals surface area contributed by atoms with Crippen LogP contribution in [0.25, 0.3) is 11.0 Å². The van der Waals surface area contributed by atoms with Gasteiger partial charge >= 0.3 is 0 Å². The Morgan fingerprint density at radius 2 is 1.65 bits per heavy atom. The molecule has 1 aromatic heterocycles. The minimum Gasteiger partial charge on any atom is -0.253 e. The van der Waals surface area contributed by atoms with Crippen LogP contribution < -0.4 is 0 Å². The standard InChI is InChI=1S/C11H12N2.2C2H6/c1-3-9-7-12-11-6-8(2)4-5-10(11)13-9;2*1-2/h4-7H,3H2,1-2H3;2*1-2H3. The molecule has 0 aliphatic rings. The molecule has 1 aromatic carbocycles. The summed E-state index contributed by atoms with van der Waals surface area (Å²) < 4.78 is 0. The third-order valence-electron chi connectivity index (χ3n) is 2.11. The molecule has 0 amide bonds. The predicted octanol–water partition coefficient (Wildman–Crippen LogP) is 4.55. The highest BCUT2D eigenvalue weighted by Gasteiger charge is 1.97. The molecular formula is C15H24N2. The summed E-state index contributed by atoms with van der Waals surface area (Å²) >= 11 is 0. The monoisotopic (exact) mass is 232 g/mol. The van der Waals surface area contributed by atoms with Crippen LogP contribution in [0.5, 0.6) is 0 Å². The van der Waals surface area contributed by atoms with Crippen LogP contribution in [0.3, 0.4) is 0 Å². The van der Waals surface area contributed by atoms with Gasteiger partial charge in [-0.25, -0.2) is 4.98 Å². The van der Waals surface area contributed by atoms with Crippen LogP contribution in [-0.2, 0) is 6.42 Å². The molecule has 0 unspecified atom stereocenters. The zero-order valence-electron chi connectivity index (χ0n) is 11.9. The first-order valence-corrected chi connectivity index (χ1v) is 6.52. The van der Waals surface area contributed by atoms with E-state index in [0.29, 0.717) is 0 Å². The van der Waals surface area contributed by atoms with Gasteiger partial charge in [0.15, 0.2) is 0 Å². The van der Waals surface area contributed by atoms with Gasteiger partial charge in [0.05, 0.1) is 16.7 Å². The lowest BCUT2D eigenvalue weighted by atomic mass is 10.2. The Labute approximate surface area is 105 Å². The van der Waals surface area contributed by atoms with E-state index in [1.54, 1.807) is 0 Å². The van der Waals surface area contributed by atoms with Gasteiger partial charge in [-0.05, 0) is 31.0 Å². The summed E-state index contributed by atoms with van der Waals surface area (Å²) in [5.74, 6) is 0. The first kappa shape index (κ1) is 15.6. The first-order chi connectivity index (χ1) is 8.29. The van der Waals surface area contributed by atoms with Gasteiger partial charge in [-0.1, -0.05) is 40.7 Å². The van der Waals surface area contributed by atoms with Crippen molar-refractivity contribution < 1.29 is 0 Å². The highest BCUT2D eigenvalue weighted by molar-refractivity contribution is 5.74. The average molecular weight is 232 g/mol. The van der Waals surface area contributed by atoms with Gasteiger partial charge in [0.25, 0.3) is 0 Å². The van der Waals surface area contributed by atoms with E-state index in [1.807, 2.05) is 40.0 Å². The van der Waals surface area contributed by atoms with Gasteiger partial charge in [-0.3, -0.25) is 4.98 Å². The SMILES string of the molecule is CC.CC.CCc1cnc2cc(C)ccc2n1. The van der Waals surface area contributed by atoms with Crippen molar-refractivity contribution in [1.82, 2.24) is 9.97 Å². The maximum atomic E-state index is 4.47. The van der Waals surface area contributed by atoms with Gasteiger partial charge in [0.2, 0.25) is 0 Å². The quantitative estimate of drug-likeness (QED) is 0.720. The fraction of sp³-hybridized carbons (Fsp3) is 0.467. The summed E-state index contributed by atoms with van der Waals surface area (Å²) in [7, 11) is 0. The summed E-state index contributed by atoms with van der Waals surface area (Å²) in [6, 6.07) is 6.15. The van der Waals surface area contributed by atoms with Crippen molar-refractivity contribution in [3.05, 3.63) is 35.7 Å². The van der Waals surface area contributed by atoms with E-state index < -0.39 is 0 Å². The molecule has 94 valence electrons. The van der Waals surface area contributed by atoms with E-state index in [-0.39, 0.29) is 0 Å². The summed E-state index contributed by atoms with van der Waals surface area (Å²) in [6.45, 7) is 12.2. The highest BCUT2D eigenvalue weighted by atomic mass is 14.8. The van der Waals surface area contributed by atoms with E-state index >= 15 is 0 Å². The molecule has 0 saturated carbocycles. The van der Waals surface area contributed by atoms with Gasteiger partial charge < -0.3 is 0 Å². The Hall–Kier alpha value is -1.44. The summed E-state index contributed by atoms with van der Waals surface area (Å²) in [5.41, 5.74) is 4.25. The normalized spacial score (nSPS) is 8.82. The van der Waals surface area contributed by atoms with Crippen LogP contribution in [0.1, 0.15) is 45.9 Å². The molecule has 0 bridgehead atoms. The second-order valence-corrected chi connectivity index (χ2v) is 3.21. The molecule has 0 radical (unpaired) electrons. The largest absolute Gasteiger partial charge is 0.253 e. The Morgan fingerprint density at radius 1 is 1.00 bits per heavy atom. The molecule has 2 aromatic rings. The van der Waals surface area contributed by atoms with Crippen LogP contribution in [0.2, 0.25) is 0 Å². The molecular weight excluding hydrogens is 208 g/mol. The second-order valence-electron chi connectivity index (χ2n) is 3.21. The number of aryl methyl sites for hydroxylation is 2. The Balaban J connectivity index is 0.000000581. The van der Waals surface area contributed by atoms with Crippen molar-refractivity contribution >= 4 is 11.0 Å². The minimum atomic E-state index is 0.941. The molecule has 0 atom stereocenters. The van der Waals surface area contributed by atoms with Gasteiger partial charge in [-0.2, -0.15) is 0 Å². The van der Waals surface area contributed by atoms with E-state index in [0.717, 1.165) is 23.1 Å². The Bertz CT molecular complexity index is 436. The molecule has 1 heterocycles. The van der Waals surface area contributed by atoms with Gasteiger partial charge in [0, 0.05) is 6.20 Å². The highest BCUT2D eigenvalue weighted by Crippen LogP contribution is 2.11. The van der Waals surface area contributed by atoms with Crippen molar-refractivity contribution in [3.63, 3.8) is 0 Å². The van der Waals surface area contributed by atoms with Crippen LogP contribution in [0, 0.1) is 6.92 Å². The zero-order valence-corrected chi connectivity index (χ0v) is 11.9. The van der Waals surface area contributed by atoms with E-state index in [9.17, 15) is 0 Å². The summed E-state index contributed by atoms with van der Waals surface area (Å²) in [5, 5.41) is 0. The van der Waals surface area contributed by atoms with Gasteiger partial charge in [0.1, 0.15) is 0 Å². The van der Waals surface area contributed by atoms with Crippen molar-refractivity contribution in [2.24, 2.45) is 0 Å². The lowest BCUT2D eigenvalue weighted by molar-refractivity contribution is 1.03. The first-order valence-electron chi connectivity index (χ1n) is 6.52. The average Bonchev–Trinajstić information content (AvgIpc) is 2.42. The maximum Gasteiger partial charge on any atom is 0.0890 e. The molecule has 2 rings (SSSR count). The zero-order chi connectivity index (χ0) is 13.3. The van der Waals surface area contributed by atoms with E-state index in [4.69, 9.17) is 0 Å². The minimum absolute atomic E-state index is 0.941. The molecule has 2 heteroatoms. The topological polar surface area (TPSA) is 25.8 Å². The molecule has 17 heavy (non-hydrogen) atoms. The summed E-state index contributed by atoms with van der Waals surface area (Å²) in [6.07, 6.45) is 2.79. The number of aromatic nitrogens is 2. The Kier molecular flexibility index (Phi) is 7.95. The van der Waals surface area contributed by atoms with Crippen LogP contribution in [0.15, 0.2) is 24.4 Å². The fourth-order valence-electron chi connectivity index (χ4n) is 1.33. The van der Waals surface area contributed by atoms with Gasteiger partial charge in [-0.15, -0.1) is 0 Å². The van der Waals surface area contributed by atoms with Crippen molar-refractivity contribution in [1.29, 1.82) is 0 Å². The van der Waals surface area contributed by atoms with Crippen molar-refractivity contribution in [2.45, 2.75) is 48.0 Å². The molecule has 0 aliphatic carbocycles. The number of hydrogen-bond donors (Lipinski definition) is 0. The number of benzene rings is 1. The lowest BCUT2D eigenvalue weighted by Crippen LogP contribution is -1.90. The molecule has 0 saturated heterocycles. The number of hydrogen-bond acceptors (Lipinski definition) is 2. The smallest absolute Gasteiger partial charge is 0.0890 e. The molecule has 0 N–H and O–H groups in total. The van der Waals surface area contributed by atoms with E-state index in [1.165, 1.54) is 5.56 Å². The molecule has 2 nitrogen and oxygen atoms in total. The van der Waals surface area contributed by atoms with E-state index in [2.05, 4.69) is 35.9 Å². The number of fused-ring (bicyclic) bond motifs is 1. The lowest BCUT2D eigenvalue weighted by Gasteiger charge is -1.99. The Morgan fingerprint density at radius 3 is 2.24 bits per heavy atom. The van der Waals surface area contributed by atoms with Crippen molar-refractivity contribution in [3.8, 4) is 0 Å². The third-order valence-corrected chi connectivity index (χ3v) is 2.11. The molecule has 0 fully saturated rings. The van der Waals surface area contributed by atoms with Crippen LogP contribution in [-0.4, -0.2) is 9.97 Å². The number of rotatable bonds is 1. The number of nitrogens with zero attached hydrogens (tertiary/aromatic N) is 2. The molecule has 0 aliphatic heterocycles. The fourth-order valence-corrected chi connectivity index (χ4v) is 1.33.